The molecule has 1 aliphatic heterocycles. The molecule has 0 saturated carbocycles. The number of likely N-dealkylation sites (N-methyl/N-ethyl adjacent to an activating group) is 1. The normalized spacial score (nSPS) is 23.7. The van der Waals surface area contributed by atoms with E-state index in [9.17, 15) is 9.00 Å². The van der Waals surface area contributed by atoms with Crippen LogP contribution < -0.4 is 0 Å². The van der Waals surface area contributed by atoms with Crippen molar-refractivity contribution in [3.05, 3.63) is 41.6 Å². The van der Waals surface area contributed by atoms with Gasteiger partial charge in [0.05, 0.1) is 5.92 Å². The molecule has 5 nitrogen and oxygen atoms in total. The molecule has 4 rings (SSSR count). The second-order valence-electron chi connectivity index (χ2n) is 7.04. The highest BCUT2D eigenvalue weighted by Gasteiger charge is 2.35. The molecule has 1 aliphatic carbocycles. The highest BCUT2D eigenvalue weighted by Crippen LogP contribution is 2.40. The zero-order valence-electron chi connectivity index (χ0n) is 14.1. The number of benzene rings is 1. The molecule has 24 heavy (non-hydrogen) atoms. The Balaban J connectivity index is 1.85. The van der Waals surface area contributed by atoms with E-state index in [0.29, 0.717) is 6.54 Å². The van der Waals surface area contributed by atoms with Gasteiger partial charge in [-0.15, -0.1) is 0 Å². The number of aromatic nitrogens is 1. The SMILES string of the molecule is CN1CC(C(=O)N=S(C)(C)=O)C=C2c3cccc4[nH]cc(c34)CC21. The van der Waals surface area contributed by atoms with E-state index in [0.717, 1.165) is 11.9 Å². The first-order valence-electron chi connectivity index (χ1n) is 8.06. The predicted octanol–water partition coefficient (Wildman–Crippen LogP) is 2.29. The summed E-state index contributed by atoms with van der Waals surface area (Å²) in [4.78, 5) is 18.0. The Bertz CT molecular complexity index is 987. The minimum absolute atomic E-state index is 0.274. The molecule has 1 aromatic heterocycles. The average Bonchev–Trinajstić information content (AvgIpc) is 2.91. The molecule has 0 fully saturated rings. The zero-order valence-corrected chi connectivity index (χ0v) is 14.9. The Hall–Kier alpha value is -1.92. The summed E-state index contributed by atoms with van der Waals surface area (Å²) in [5.41, 5.74) is 4.84. The van der Waals surface area contributed by atoms with Gasteiger partial charge >= 0.3 is 0 Å². The van der Waals surface area contributed by atoms with Crippen LogP contribution in [0.3, 0.4) is 0 Å². The Labute approximate surface area is 141 Å². The summed E-state index contributed by atoms with van der Waals surface area (Å²) in [6.45, 7) is 0.613. The van der Waals surface area contributed by atoms with Gasteiger partial charge in [0.2, 0.25) is 0 Å². The number of carbonyl (C=O) groups is 1. The fourth-order valence-electron chi connectivity index (χ4n) is 3.89. The second kappa shape index (κ2) is 5.29. The molecule has 2 aromatic rings. The smallest absolute Gasteiger partial charge is 0.261 e. The van der Waals surface area contributed by atoms with Gasteiger partial charge in [-0.3, -0.25) is 9.69 Å². The highest BCUT2D eigenvalue weighted by atomic mass is 32.2. The van der Waals surface area contributed by atoms with Crippen LogP contribution in [0.15, 0.2) is 34.8 Å². The van der Waals surface area contributed by atoms with Gasteiger partial charge in [-0.05, 0) is 36.2 Å². The van der Waals surface area contributed by atoms with Crippen LogP contribution in [0.25, 0.3) is 16.5 Å². The van der Waals surface area contributed by atoms with Crippen LogP contribution in [0.1, 0.15) is 11.1 Å². The van der Waals surface area contributed by atoms with Gasteiger partial charge in [0.1, 0.15) is 0 Å². The van der Waals surface area contributed by atoms with E-state index < -0.39 is 9.73 Å². The number of fused-ring (bicyclic) bond motifs is 2. The van der Waals surface area contributed by atoms with Crippen LogP contribution >= 0.6 is 0 Å². The van der Waals surface area contributed by atoms with Crippen molar-refractivity contribution in [1.29, 1.82) is 0 Å². The minimum atomic E-state index is -2.43. The van der Waals surface area contributed by atoms with Gasteiger partial charge in [-0.25, -0.2) is 4.21 Å². The van der Waals surface area contributed by atoms with E-state index in [1.54, 1.807) is 0 Å². The first-order valence-corrected chi connectivity index (χ1v) is 10.4. The molecule has 0 radical (unpaired) electrons. The van der Waals surface area contributed by atoms with E-state index in [1.807, 2.05) is 19.2 Å². The molecule has 0 saturated heterocycles. The van der Waals surface area contributed by atoms with Gasteiger partial charge in [0, 0.05) is 51.9 Å². The van der Waals surface area contributed by atoms with E-state index >= 15 is 0 Å². The molecule has 0 bridgehead atoms. The number of aromatic amines is 1. The van der Waals surface area contributed by atoms with Crippen LogP contribution in [0.2, 0.25) is 0 Å². The van der Waals surface area contributed by atoms with Crippen LogP contribution in [-0.4, -0.2) is 52.1 Å². The van der Waals surface area contributed by atoms with Crippen molar-refractivity contribution >= 4 is 32.1 Å². The summed E-state index contributed by atoms with van der Waals surface area (Å²) in [5.74, 6) is -0.618. The lowest BCUT2D eigenvalue weighted by molar-refractivity contribution is -0.120. The molecule has 1 aromatic carbocycles. The number of carbonyl (C=O) groups excluding carboxylic acids is 1. The largest absolute Gasteiger partial charge is 0.361 e. The lowest BCUT2D eigenvalue weighted by Crippen LogP contribution is -2.44. The molecule has 2 atom stereocenters. The Morgan fingerprint density at radius 2 is 2.17 bits per heavy atom. The quantitative estimate of drug-likeness (QED) is 0.864. The van der Waals surface area contributed by atoms with Crippen molar-refractivity contribution in [1.82, 2.24) is 9.88 Å². The van der Waals surface area contributed by atoms with Crippen molar-refractivity contribution in [2.24, 2.45) is 10.3 Å². The van der Waals surface area contributed by atoms with Gasteiger partial charge < -0.3 is 4.98 Å². The first kappa shape index (κ1) is 15.6. The minimum Gasteiger partial charge on any atom is -0.361 e. The summed E-state index contributed by atoms with van der Waals surface area (Å²) in [6.07, 6.45) is 8.08. The lowest BCUT2D eigenvalue weighted by Gasteiger charge is -2.39. The third kappa shape index (κ3) is 2.50. The van der Waals surface area contributed by atoms with Crippen LogP contribution in [0.4, 0.5) is 0 Å². The summed E-state index contributed by atoms with van der Waals surface area (Å²) >= 11 is 0. The van der Waals surface area contributed by atoms with Gasteiger partial charge in [0.15, 0.2) is 0 Å². The van der Waals surface area contributed by atoms with Crippen LogP contribution in [-0.2, 0) is 20.9 Å². The molecule has 2 unspecified atom stereocenters. The van der Waals surface area contributed by atoms with Gasteiger partial charge in [0.25, 0.3) is 5.91 Å². The molecule has 1 amide bonds. The number of rotatable bonds is 1. The van der Waals surface area contributed by atoms with E-state index in [4.69, 9.17) is 0 Å². The summed E-state index contributed by atoms with van der Waals surface area (Å²) < 4.78 is 15.8. The summed E-state index contributed by atoms with van der Waals surface area (Å²) in [5, 5.41) is 1.26. The molecule has 2 heterocycles. The maximum Gasteiger partial charge on any atom is 0.261 e. The molecule has 0 spiro atoms. The Morgan fingerprint density at radius 3 is 2.92 bits per heavy atom. The molecule has 126 valence electrons. The maximum atomic E-state index is 12.4. The van der Waals surface area contributed by atoms with E-state index in [2.05, 4.69) is 32.6 Å². The number of hydrogen-bond acceptors (Lipinski definition) is 3. The molecular weight excluding hydrogens is 322 g/mol. The fraction of sp³-hybridized carbons (Fsp3) is 0.389. The third-order valence-electron chi connectivity index (χ3n) is 4.90. The molecule has 2 aliphatic rings. The number of H-pyrrole nitrogens is 1. The molecular formula is C18H21N3O2S. The van der Waals surface area contributed by atoms with E-state index in [1.165, 1.54) is 34.6 Å². The number of nitrogens with one attached hydrogen (secondary N) is 1. The second-order valence-corrected chi connectivity index (χ2v) is 9.59. The average molecular weight is 343 g/mol. The Morgan fingerprint density at radius 1 is 1.38 bits per heavy atom. The van der Waals surface area contributed by atoms with Crippen molar-refractivity contribution in [2.75, 3.05) is 26.1 Å². The van der Waals surface area contributed by atoms with Crippen LogP contribution in [0, 0.1) is 5.92 Å². The van der Waals surface area contributed by atoms with Gasteiger partial charge in [-0.1, -0.05) is 18.2 Å². The fourth-order valence-corrected chi connectivity index (χ4v) is 4.46. The zero-order chi connectivity index (χ0) is 17.1. The monoisotopic (exact) mass is 343 g/mol. The lowest BCUT2D eigenvalue weighted by atomic mass is 9.80. The summed E-state index contributed by atoms with van der Waals surface area (Å²) in [6, 6.07) is 6.52. The summed E-state index contributed by atoms with van der Waals surface area (Å²) in [7, 11) is -0.380. The predicted molar refractivity (Wildman–Crippen MR) is 97.3 cm³/mol. The Kier molecular flexibility index (Phi) is 3.44. The van der Waals surface area contributed by atoms with Crippen LogP contribution in [0.5, 0.6) is 0 Å². The van der Waals surface area contributed by atoms with E-state index in [-0.39, 0.29) is 17.9 Å². The number of hydrogen-bond donors (Lipinski definition) is 1. The first-order chi connectivity index (χ1) is 11.3. The topological polar surface area (TPSA) is 65.5 Å². The maximum absolute atomic E-state index is 12.4. The third-order valence-corrected chi connectivity index (χ3v) is 5.51. The van der Waals surface area contributed by atoms with Crippen molar-refractivity contribution < 1.29 is 9.00 Å². The molecule has 6 heteroatoms. The number of amides is 1. The van der Waals surface area contributed by atoms with Crippen molar-refractivity contribution in [3.8, 4) is 0 Å². The van der Waals surface area contributed by atoms with Crippen molar-refractivity contribution in [2.45, 2.75) is 12.5 Å². The van der Waals surface area contributed by atoms with Gasteiger partial charge in [-0.2, -0.15) is 4.36 Å². The number of nitrogens with zero attached hydrogens (tertiary/aromatic N) is 2. The van der Waals surface area contributed by atoms with Crippen molar-refractivity contribution in [3.63, 3.8) is 0 Å². The standard InChI is InChI=1S/C18H21N3O2S/c1-21-10-12(18(22)20-24(2,3)23)7-14-13-5-4-6-15-17(13)11(9-19-15)8-16(14)21/h4-7,9,12,16,19H,8,10H2,1-3H3. The molecule has 1 N–H and O–H groups in total. The highest BCUT2D eigenvalue weighted by molar-refractivity contribution is 7.92.